The molecule has 1 rings (SSSR count). The van der Waals surface area contributed by atoms with Crippen LogP contribution in [-0.2, 0) is 0 Å². The highest BCUT2D eigenvalue weighted by Crippen LogP contribution is 2.19. The predicted octanol–water partition coefficient (Wildman–Crippen LogP) is 1.14. The molecule has 0 bridgehead atoms. The lowest BCUT2D eigenvalue weighted by molar-refractivity contribution is 0.0676. The number of hydrogen-bond acceptors (Lipinski definition) is 3. The van der Waals surface area contributed by atoms with Crippen LogP contribution in [-0.4, -0.2) is 27.3 Å². The first kappa shape index (κ1) is 11.2. The number of carbonyl (C=O) groups is 2. The molecule has 0 aliphatic heterocycles. The Hall–Kier alpha value is -1.88. The first-order chi connectivity index (χ1) is 6.93. The van der Waals surface area contributed by atoms with Crippen molar-refractivity contribution in [2.75, 3.05) is 0 Å². The van der Waals surface area contributed by atoms with E-state index in [1.54, 1.807) is 0 Å². The SMILES string of the molecule is C[C@H](O)c1cc(C(=O)O)ccc1C(=O)O. The van der Waals surface area contributed by atoms with Gasteiger partial charge in [-0.15, -0.1) is 0 Å². The van der Waals surface area contributed by atoms with Gasteiger partial charge < -0.3 is 15.3 Å². The van der Waals surface area contributed by atoms with E-state index in [-0.39, 0.29) is 16.7 Å². The van der Waals surface area contributed by atoms with Gasteiger partial charge >= 0.3 is 11.9 Å². The van der Waals surface area contributed by atoms with Crippen molar-refractivity contribution in [2.24, 2.45) is 0 Å². The number of aliphatic hydroxyl groups is 1. The Morgan fingerprint density at radius 2 is 1.80 bits per heavy atom. The van der Waals surface area contributed by atoms with E-state index in [1.165, 1.54) is 19.1 Å². The molecule has 0 radical (unpaired) electrons. The van der Waals surface area contributed by atoms with Crippen LogP contribution in [0.1, 0.15) is 39.3 Å². The van der Waals surface area contributed by atoms with Gasteiger partial charge in [0.2, 0.25) is 0 Å². The largest absolute Gasteiger partial charge is 0.478 e. The maximum atomic E-state index is 10.7. The third-order valence-electron chi connectivity index (χ3n) is 1.98. The highest BCUT2D eigenvalue weighted by molar-refractivity contribution is 5.93. The molecule has 0 unspecified atom stereocenters. The molecule has 0 aliphatic carbocycles. The molecule has 0 aliphatic rings. The minimum absolute atomic E-state index is 0.0455. The lowest BCUT2D eigenvalue weighted by Crippen LogP contribution is -2.07. The third-order valence-corrected chi connectivity index (χ3v) is 1.98. The lowest BCUT2D eigenvalue weighted by Gasteiger charge is -2.09. The van der Waals surface area contributed by atoms with Gasteiger partial charge in [-0.3, -0.25) is 0 Å². The molecule has 0 spiro atoms. The van der Waals surface area contributed by atoms with Crippen molar-refractivity contribution in [1.29, 1.82) is 0 Å². The Bertz CT molecular complexity index is 408. The summed E-state index contributed by atoms with van der Waals surface area (Å²) in [6.07, 6.45) is -1.02. The summed E-state index contributed by atoms with van der Waals surface area (Å²) >= 11 is 0. The molecule has 5 nitrogen and oxygen atoms in total. The first-order valence-electron chi connectivity index (χ1n) is 4.22. The van der Waals surface area contributed by atoms with Crippen molar-refractivity contribution in [3.63, 3.8) is 0 Å². The Balaban J connectivity index is 3.33. The van der Waals surface area contributed by atoms with Gasteiger partial charge in [0, 0.05) is 0 Å². The molecule has 0 aromatic heterocycles. The highest BCUT2D eigenvalue weighted by atomic mass is 16.4. The zero-order valence-electron chi connectivity index (χ0n) is 7.97. The van der Waals surface area contributed by atoms with Gasteiger partial charge in [0.15, 0.2) is 0 Å². The second-order valence-electron chi connectivity index (χ2n) is 3.09. The fraction of sp³-hybridized carbons (Fsp3) is 0.200. The topological polar surface area (TPSA) is 94.8 Å². The molecule has 0 saturated heterocycles. The molecule has 5 heteroatoms. The molecular weight excluding hydrogens is 200 g/mol. The molecule has 15 heavy (non-hydrogen) atoms. The Morgan fingerprint density at radius 3 is 2.20 bits per heavy atom. The summed E-state index contributed by atoms with van der Waals surface area (Å²) in [6, 6.07) is 3.53. The molecule has 0 saturated carbocycles. The van der Waals surface area contributed by atoms with Crippen molar-refractivity contribution >= 4 is 11.9 Å². The molecule has 1 aromatic rings. The van der Waals surface area contributed by atoms with Crippen molar-refractivity contribution in [3.05, 3.63) is 34.9 Å². The summed E-state index contributed by atoms with van der Waals surface area (Å²) in [6.45, 7) is 1.38. The van der Waals surface area contributed by atoms with Crippen LogP contribution in [0, 0.1) is 0 Å². The smallest absolute Gasteiger partial charge is 0.336 e. The summed E-state index contributed by atoms with van der Waals surface area (Å²) in [5.41, 5.74) is -0.0340. The second-order valence-corrected chi connectivity index (χ2v) is 3.09. The zero-order valence-corrected chi connectivity index (χ0v) is 7.97. The molecule has 80 valence electrons. The predicted molar refractivity (Wildman–Crippen MR) is 51.0 cm³/mol. The average molecular weight is 210 g/mol. The van der Waals surface area contributed by atoms with Crippen molar-refractivity contribution in [2.45, 2.75) is 13.0 Å². The quantitative estimate of drug-likeness (QED) is 0.695. The molecule has 0 fully saturated rings. The fourth-order valence-corrected chi connectivity index (χ4v) is 1.24. The minimum Gasteiger partial charge on any atom is -0.478 e. The standard InChI is InChI=1S/C10H10O5/c1-5(11)8-4-6(9(12)13)2-3-7(8)10(14)15/h2-5,11H,1H3,(H,12,13)(H,14,15)/t5-/m0/s1. The molecule has 0 amide bonds. The van der Waals surface area contributed by atoms with E-state index >= 15 is 0 Å². The highest BCUT2D eigenvalue weighted by Gasteiger charge is 2.16. The molecular formula is C10H10O5. The number of carboxylic acids is 2. The summed E-state index contributed by atoms with van der Waals surface area (Å²) in [5.74, 6) is -2.35. The van der Waals surface area contributed by atoms with Gasteiger partial charge in [0.1, 0.15) is 0 Å². The van der Waals surface area contributed by atoms with E-state index in [2.05, 4.69) is 0 Å². The summed E-state index contributed by atoms with van der Waals surface area (Å²) in [5, 5.41) is 26.8. The van der Waals surface area contributed by atoms with Gasteiger partial charge in [0.25, 0.3) is 0 Å². The fourth-order valence-electron chi connectivity index (χ4n) is 1.24. The van der Waals surface area contributed by atoms with Crippen LogP contribution < -0.4 is 0 Å². The van der Waals surface area contributed by atoms with E-state index in [4.69, 9.17) is 10.2 Å². The number of carboxylic acid groups (broad SMARTS) is 2. The number of rotatable bonds is 3. The van der Waals surface area contributed by atoms with Crippen LogP contribution in [0.15, 0.2) is 18.2 Å². The normalized spacial score (nSPS) is 12.1. The monoisotopic (exact) mass is 210 g/mol. The van der Waals surface area contributed by atoms with Gasteiger partial charge in [-0.1, -0.05) is 0 Å². The van der Waals surface area contributed by atoms with Gasteiger partial charge in [-0.2, -0.15) is 0 Å². The molecule has 1 atom stereocenters. The van der Waals surface area contributed by atoms with Crippen LogP contribution in [0.2, 0.25) is 0 Å². The molecule has 0 heterocycles. The van der Waals surface area contributed by atoms with Crippen LogP contribution in [0.5, 0.6) is 0 Å². The second kappa shape index (κ2) is 4.10. The summed E-state index contributed by atoms with van der Waals surface area (Å²) < 4.78 is 0. The first-order valence-corrected chi connectivity index (χ1v) is 4.22. The van der Waals surface area contributed by atoms with E-state index in [0.29, 0.717) is 0 Å². The number of benzene rings is 1. The number of aliphatic hydroxyl groups excluding tert-OH is 1. The van der Waals surface area contributed by atoms with E-state index in [0.717, 1.165) is 6.07 Å². The van der Waals surface area contributed by atoms with E-state index in [1.807, 2.05) is 0 Å². The Kier molecular flexibility index (Phi) is 3.06. The van der Waals surface area contributed by atoms with Gasteiger partial charge in [0.05, 0.1) is 17.2 Å². The van der Waals surface area contributed by atoms with Crippen LogP contribution in [0.4, 0.5) is 0 Å². The summed E-state index contributed by atoms with van der Waals surface area (Å²) in [7, 11) is 0. The molecule has 3 N–H and O–H groups in total. The molecule has 1 aromatic carbocycles. The van der Waals surface area contributed by atoms with Crippen LogP contribution >= 0.6 is 0 Å². The number of hydrogen-bond donors (Lipinski definition) is 3. The summed E-state index contributed by atoms with van der Waals surface area (Å²) in [4.78, 5) is 21.4. The lowest BCUT2D eigenvalue weighted by atomic mass is 10.0. The van der Waals surface area contributed by atoms with Gasteiger partial charge in [-0.05, 0) is 30.7 Å². The van der Waals surface area contributed by atoms with Gasteiger partial charge in [-0.25, -0.2) is 9.59 Å². The maximum Gasteiger partial charge on any atom is 0.336 e. The zero-order chi connectivity index (χ0) is 11.6. The Labute approximate surface area is 85.6 Å². The Morgan fingerprint density at radius 1 is 1.20 bits per heavy atom. The van der Waals surface area contributed by atoms with Crippen LogP contribution in [0.25, 0.3) is 0 Å². The van der Waals surface area contributed by atoms with E-state index in [9.17, 15) is 14.7 Å². The van der Waals surface area contributed by atoms with Crippen molar-refractivity contribution in [1.82, 2.24) is 0 Å². The minimum atomic E-state index is -1.19. The number of aromatic carboxylic acids is 2. The van der Waals surface area contributed by atoms with Crippen molar-refractivity contribution in [3.8, 4) is 0 Å². The maximum absolute atomic E-state index is 10.7. The third kappa shape index (κ3) is 2.32. The van der Waals surface area contributed by atoms with Crippen LogP contribution in [0.3, 0.4) is 0 Å². The average Bonchev–Trinajstić information content (AvgIpc) is 2.16. The van der Waals surface area contributed by atoms with E-state index < -0.39 is 18.0 Å². The van der Waals surface area contributed by atoms with Crippen molar-refractivity contribution < 1.29 is 24.9 Å².